The van der Waals surface area contributed by atoms with Gasteiger partial charge in [-0.1, -0.05) is 19.6 Å². The second-order valence-corrected chi connectivity index (χ2v) is 9.06. The van der Waals surface area contributed by atoms with E-state index in [0.717, 1.165) is 0 Å². The van der Waals surface area contributed by atoms with E-state index in [2.05, 4.69) is 37.7 Å². The van der Waals surface area contributed by atoms with Crippen molar-refractivity contribution in [2.45, 2.75) is 26.6 Å². The van der Waals surface area contributed by atoms with Gasteiger partial charge in [-0.05, 0) is 13.0 Å². The number of hydrogen-bond acceptors (Lipinski definition) is 1. The molecule has 62 valence electrons. The maximum Gasteiger partial charge on any atom is 0.104 e. The molecule has 0 unspecified atom stereocenters. The quantitative estimate of drug-likeness (QED) is 0.578. The Morgan fingerprint density at radius 2 is 1.91 bits per heavy atom. The van der Waals surface area contributed by atoms with Gasteiger partial charge in [-0.25, -0.2) is 0 Å². The normalized spacial score (nSPS) is 12.1. The SMILES string of the molecule is Cc1cc([Si](C)(C)C)nn1C. The number of hydrogen-bond donors (Lipinski definition) is 0. The summed E-state index contributed by atoms with van der Waals surface area (Å²) in [7, 11) is 0.823. The Morgan fingerprint density at radius 1 is 1.36 bits per heavy atom. The third kappa shape index (κ3) is 1.71. The van der Waals surface area contributed by atoms with Crippen LogP contribution in [0, 0.1) is 6.92 Å². The summed E-state index contributed by atoms with van der Waals surface area (Å²) in [4.78, 5) is 0. The summed E-state index contributed by atoms with van der Waals surface area (Å²) >= 11 is 0. The molecule has 2 nitrogen and oxygen atoms in total. The highest BCUT2D eigenvalue weighted by atomic mass is 28.3. The molecule has 0 aliphatic carbocycles. The second kappa shape index (κ2) is 2.48. The van der Waals surface area contributed by atoms with E-state index in [0.29, 0.717) is 0 Å². The molecule has 1 aromatic rings. The van der Waals surface area contributed by atoms with E-state index >= 15 is 0 Å². The zero-order valence-electron chi connectivity index (χ0n) is 7.97. The lowest BCUT2D eigenvalue weighted by atomic mass is 10.5. The van der Waals surface area contributed by atoms with Crippen molar-refractivity contribution in [3.8, 4) is 0 Å². The fourth-order valence-corrected chi connectivity index (χ4v) is 2.02. The zero-order chi connectivity index (χ0) is 8.65. The smallest absolute Gasteiger partial charge is 0.104 e. The van der Waals surface area contributed by atoms with Crippen LogP contribution < -0.4 is 5.32 Å². The van der Waals surface area contributed by atoms with Crippen LogP contribution in [0.3, 0.4) is 0 Å². The molecular weight excluding hydrogens is 152 g/mol. The zero-order valence-corrected chi connectivity index (χ0v) is 8.97. The van der Waals surface area contributed by atoms with Crippen LogP contribution in [0.4, 0.5) is 0 Å². The fourth-order valence-electron chi connectivity index (χ4n) is 0.927. The van der Waals surface area contributed by atoms with Crippen LogP contribution in [0.5, 0.6) is 0 Å². The number of nitrogens with zero attached hydrogens (tertiary/aromatic N) is 2. The van der Waals surface area contributed by atoms with Crippen molar-refractivity contribution in [3.05, 3.63) is 11.8 Å². The van der Waals surface area contributed by atoms with E-state index in [-0.39, 0.29) is 0 Å². The third-order valence-corrected chi connectivity index (χ3v) is 3.66. The molecule has 0 fully saturated rings. The first-order valence-corrected chi connectivity index (χ1v) is 7.42. The average Bonchev–Trinajstić information content (AvgIpc) is 2.11. The minimum atomic E-state index is -1.18. The Morgan fingerprint density at radius 3 is 2.09 bits per heavy atom. The molecule has 0 saturated carbocycles. The van der Waals surface area contributed by atoms with Crippen LogP contribution in [-0.2, 0) is 7.05 Å². The summed E-state index contributed by atoms with van der Waals surface area (Å²) in [5.74, 6) is 0. The summed E-state index contributed by atoms with van der Waals surface area (Å²) in [5, 5.41) is 5.76. The van der Waals surface area contributed by atoms with E-state index in [1.807, 2.05) is 11.7 Å². The van der Waals surface area contributed by atoms with E-state index < -0.39 is 8.07 Å². The highest BCUT2D eigenvalue weighted by molar-refractivity contribution is 6.88. The number of rotatable bonds is 1. The van der Waals surface area contributed by atoms with Gasteiger partial charge >= 0.3 is 0 Å². The molecule has 3 heteroatoms. The van der Waals surface area contributed by atoms with Gasteiger partial charge in [0.2, 0.25) is 0 Å². The Bertz CT molecular complexity index is 238. The molecule has 0 bridgehead atoms. The minimum absolute atomic E-state index is 1.18. The second-order valence-electron chi connectivity index (χ2n) is 4.04. The molecule has 1 rings (SSSR count). The Balaban J connectivity index is 3.08. The molecule has 0 saturated heterocycles. The molecule has 0 N–H and O–H groups in total. The van der Waals surface area contributed by atoms with Crippen LogP contribution in [0.1, 0.15) is 5.69 Å². The van der Waals surface area contributed by atoms with Crippen molar-refractivity contribution in [2.24, 2.45) is 7.05 Å². The molecule has 0 spiro atoms. The summed E-state index contributed by atoms with van der Waals surface area (Å²) in [6.07, 6.45) is 0. The first-order chi connectivity index (χ1) is 4.91. The van der Waals surface area contributed by atoms with E-state index in [1.54, 1.807) is 0 Å². The van der Waals surface area contributed by atoms with Crippen molar-refractivity contribution >= 4 is 13.4 Å². The van der Waals surface area contributed by atoms with Gasteiger partial charge in [0.05, 0.1) is 0 Å². The van der Waals surface area contributed by atoms with Gasteiger partial charge in [-0.15, -0.1) is 0 Å². The Labute approximate surface area is 69.2 Å². The summed E-state index contributed by atoms with van der Waals surface area (Å²) in [6, 6.07) is 2.20. The lowest BCUT2D eigenvalue weighted by Crippen LogP contribution is -2.39. The van der Waals surface area contributed by atoms with Crippen molar-refractivity contribution in [3.63, 3.8) is 0 Å². The Kier molecular flexibility index (Phi) is 1.92. The third-order valence-electron chi connectivity index (χ3n) is 1.88. The van der Waals surface area contributed by atoms with Crippen molar-refractivity contribution < 1.29 is 0 Å². The van der Waals surface area contributed by atoms with Gasteiger partial charge in [0.15, 0.2) is 0 Å². The van der Waals surface area contributed by atoms with Crippen LogP contribution in [-0.4, -0.2) is 17.9 Å². The molecule has 1 heterocycles. The molecule has 0 aromatic carbocycles. The molecule has 0 amide bonds. The minimum Gasteiger partial charge on any atom is -0.273 e. The predicted molar refractivity (Wildman–Crippen MR) is 50.9 cm³/mol. The van der Waals surface area contributed by atoms with E-state index in [4.69, 9.17) is 0 Å². The Hall–Kier alpha value is -0.573. The molecular formula is C8H16N2Si. The van der Waals surface area contributed by atoms with E-state index in [1.165, 1.54) is 11.0 Å². The molecule has 1 aromatic heterocycles. The first kappa shape index (κ1) is 8.52. The maximum absolute atomic E-state index is 4.46. The fraction of sp³-hybridized carbons (Fsp3) is 0.625. The van der Waals surface area contributed by atoms with E-state index in [9.17, 15) is 0 Å². The standard InChI is InChI=1S/C8H16N2Si/c1-7-6-8(9-10(7)2)11(3,4)5/h6H,1-5H3. The van der Waals surface area contributed by atoms with Gasteiger partial charge in [0.25, 0.3) is 0 Å². The monoisotopic (exact) mass is 168 g/mol. The van der Waals surface area contributed by atoms with Crippen LogP contribution in [0.25, 0.3) is 0 Å². The highest BCUT2D eigenvalue weighted by Crippen LogP contribution is 2.01. The van der Waals surface area contributed by atoms with Gasteiger partial charge in [0, 0.05) is 18.1 Å². The topological polar surface area (TPSA) is 17.8 Å². The van der Waals surface area contributed by atoms with Gasteiger partial charge in [-0.3, -0.25) is 4.68 Å². The van der Waals surface area contributed by atoms with Crippen molar-refractivity contribution in [1.29, 1.82) is 0 Å². The number of aryl methyl sites for hydroxylation is 2. The maximum atomic E-state index is 4.46. The van der Waals surface area contributed by atoms with Crippen molar-refractivity contribution in [1.82, 2.24) is 9.78 Å². The van der Waals surface area contributed by atoms with Crippen molar-refractivity contribution in [2.75, 3.05) is 0 Å². The predicted octanol–water partition coefficient (Wildman–Crippen LogP) is 1.27. The molecule has 0 radical (unpaired) electrons. The summed E-state index contributed by atoms with van der Waals surface area (Å²) < 4.78 is 1.95. The summed E-state index contributed by atoms with van der Waals surface area (Å²) in [5.41, 5.74) is 1.25. The van der Waals surface area contributed by atoms with Crippen LogP contribution >= 0.6 is 0 Å². The lowest BCUT2D eigenvalue weighted by Gasteiger charge is -2.10. The highest BCUT2D eigenvalue weighted by Gasteiger charge is 2.19. The lowest BCUT2D eigenvalue weighted by molar-refractivity contribution is 0.746. The molecule has 11 heavy (non-hydrogen) atoms. The van der Waals surface area contributed by atoms with Crippen LogP contribution in [0.2, 0.25) is 19.6 Å². The van der Waals surface area contributed by atoms with Gasteiger partial charge in [0.1, 0.15) is 8.07 Å². The molecule has 0 atom stereocenters. The molecule has 0 aliphatic rings. The van der Waals surface area contributed by atoms with Gasteiger partial charge < -0.3 is 0 Å². The summed E-state index contributed by atoms with van der Waals surface area (Å²) in [6.45, 7) is 9.04. The average molecular weight is 168 g/mol. The van der Waals surface area contributed by atoms with Crippen LogP contribution in [0.15, 0.2) is 6.07 Å². The first-order valence-electron chi connectivity index (χ1n) is 3.92. The van der Waals surface area contributed by atoms with Gasteiger partial charge in [-0.2, -0.15) is 5.10 Å². The largest absolute Gasteiger partial charge is 0.273 e. The molecule has 0 aliphatic heterocycles. The number of aromatic nitrogens is 2.